The van der Waals surface area contributed by atoms with Crippen LogP contribution in [0.5, 0.6) is 0 Å². The number of hydrogen-bond donors (Lipinski definition) is 3. The molecule has 0 amide bonds. The maximum atomic E-state index is 8.95. The van der Waals surface area contributed by atoms with Crippen LogP contribution in [0.25, 0.3) is 0 Å². The van der Waals surface area contributed by atoms with Gasteiger partial charge in [0.25, 0.3) is 0 Å². The van der Waals surface area contributed by atoms with E-state index in [1.165, 1.54) is 0 Å². The lowest BCUT2D eigenvalue weighted by atomic mass is 9.88. The molecule has 2 fully saturated rings. The minimum absolute atomic E-state index is 0.0787. The smallest absolute Gasteiger partial charge is 0.0635 e. The molecule has 3 nitrogen and oxygen atoms in total. The van der Waals surface area contributed by atoms with Gasteiger partial charge in [-0.15, -0.1) is 0 Å². The van der Waals surface area contributed by atoms with Gasteiger partial charge in [-0.1, -0.05) is 0 Å². The van der Waals surface area contributed by atoms with Crippen LogP contribution in [-0.4, -0.2) is 23.3 Å². The molecule has 46 valence electrons. The van der Waals surface area contributed by atoms with Crippen LogP contribution in [0, 0.1) is 11.8 Å². The van der Waals surface area contributed by atoms with E-state index in [0.29, 0.717) is 11.8 Å². The van der Waals surface area contributed by atoms with Crippen molar-refractivity contribution in [3.8, 4) is 0 Å². The molecule has 0 saturated heterocycles. The average Bonchev–Trinajstić information content (AvgIpc) is 2.37. The third-order valence-electron chi connectivity index (χ3n) is 2.43. The van der Waals surface area contributed by atoms with Crippen molar-refractivity contribution in [1.29, 1.82) is 0 Å². The van der Waals surface area contributed by atoms with Crippen molar-refractivity contribution in [3.05, 3.63) is 0 Å². The van der Waals surface area contributed by atoms with Gasteiger partial charge in [0.05, 0.1) is 6.10 Å². The minimum atomic E-state index is -0.167. The molecule has 0 aromatic heterocycles. The van der Waals surface area contributed by atoms with Gasteiger partial charge in [0.2, 0.25) is 0 Å². The van der Waals surface area contributed by atoms with Gasteiger partial charge < -0.3 is 16.6 Å². The van der Waals surface area contributed by atoms with E-state index in [1.54, 1.807) is 0 Å². The molecule has 5 N–H and O–H groups in total. The summed E-state index contributed by atoms with van der Waals surface area (Å²) < 4.78 is 0. The van der Waals surface area contributed by atoms with Crippen LogP contribution in [-0.2, 0) is 0 Å². The topological polar surface area (TPSA) is 72.3 Å². The molecule has 0 radical (unpaired) electrons. The Labute approximate surface area is 47.7 Å². The molecule has 0 heterocycles. The van der Waals surface area contributed by atoms with Gasteiger partial charge in [-0.25, -0.2) is 0 Å². The van der Waals surface area contributed by atoms with Gasteiger partial charge in [-0.05, 0) is 0 Å². The SMILES string of the molecule is NC1C(N)C2C(O)C12. The molecule has 0 aromatic carbocycles. The molecule has 2 aliphatic carbocycles. The van der Waals surface area contributed by atoms with Gasteiger partial charge in [0.1, 0.15) is 0 Å². The lowest BCUT2D eigenvalue weighted by molar-refractivity contribution is 0.259. The van der Waals surface area contributed by atoms with Crippen LogP contribution >= 0.6 is 0 Å². The molecule has 4 atom stereocenters. The highest BCUT2D eigenvalue weighted by atomic mass is 16.3. The van der Waals surface area contributed by atoms with Crippen LogP contribution in [0.15, 0.2) is 0 Å². The van der Waals surface area contributed by atoms with Gasteiger partial charge >= 0.3 is 0 Å². The zero-order valence-corrected chi connectivity index (χ0v) is 4.49. The largest absolute Gasteiger partial charge is 0.392 e. The zero-order chi connectivity index (χ0) is 5.89. The third kappa shape index (κ3) is 0.292. The van der Waals surface area contributed by atoms with Crippen molar-refractivity contribution in [2.75, 3.05) is 0 Å². The molecule has 4 unspecified atom stereocenters. The highest BCUT2D eigenvalue weighted by Gasteiger charge is 2.66. The lowest BCUT2D eigenvalue weighted by Crippen LogP contribution is -2.52. The maximum absolute atomic E-state index is 8.95. The molecule has 0 aromatic rings. The molecule has 2 rings (SSSR count). The summed E-state index contributed by atoms with van der Waals surface area (Å²) in [6.07, 6.45) is -0.167. The number of rotatable bonds is 0. The highest BCUT2D eigenvalue weighted by molar-refractivity contribution is 5.21. The molecule has 0 spiro atoms. The van der Waals surface area contributed by atoms with E-state index in [2.05, 4.69) is 0 Å². The fraction of sp³-hybridized carbons (Fsp3) is 1.00. The van der Waals surface area contributed by atoms with E-state index < -0.39 is 0 Å². The summed E-state index contributed by atoms with van der Waals surface area (Å²) in [5.41, 5.74) is 11.0. The van der Waals surface area contributed by atoms with E-state index in [4.69, 9.17) is 16.6 Å². The summed E-state index contributed by atoms with van der Waals surface area (Å²) >= 11 is 0. The van der Waals surface area contributed by atoms with Crippen molar-refractivity contribution < 1.29 is 5.11 Å². The molecule has 0 bridgehead atoms. The van der Waals surface area contributed by atoms with Crippen molar-refractivity contribution in [1.82, 2.24) is 0 Å². The Balaban J connectivity index is 2.08. The van der Waals surface area contributed by atoms with Crippen molar-refractivity contribution >= 4 is 0 Å². The zero-order valence-electron chi connectivity index (χ0n) is 4.49. The molecule has 8 heavy (non-hydrogen) atoms. The molecule has 2 aliphatic rings. The first-order chi connectivity index (χ1) is 3.73. The quantitative estimate of drug-likeness (QED) is 0.350. The summed E-state index contributed by atoms with van der Waals surface area (Å²) in [5.74, 6) is 0.704. The summed E-state index contributed by atoms with van der Waals surface area (Å²) in [5, 5.41) is 8.95. The molecule has 2 saturated carbocycles. The summed E-state index contributed by atoms with van der Waals surface area (Å²) in [4.78, 5) is 0. The Morgan fingerprint density at radius 1 is 1.00 bits per heavy atom. The summed E-state index contributed by atoms with van der Waals surface area (Å²) in [6.45, 7) is 0. The van der Waals surface area contributed by atoms with Gasteiger partial charge in [0, 0.05) is 23.9 Å². The Hall–Kier alpha value is -0.120. The van der Waals surface area contributed by atoms with Gasteiger partial charge in [0.15, 0.2) is 0 Å². The number of nitrogens with two attached hydrogens (primary N) is 2. The van der Waals surface area contributed by atoms with E-state index >= 15 is 0 Å². The van der Waals surface area contributed by atoms with E-state index in [1.807, 2.05) is 0 Å². The summed E-state index contributed by atoms with van der Waals surface area (Å²) in [6, 6.07) is 0.157. The molecule has 3 heteroatoms. The fourth-order valence-corrected chi connectivity index (χ4v) is 1.68. The standard InChI is InChI=1S/C5H10N2O/c6-3-1-2(4(3)7)5(1)8/h1-5,8H,6-7H2. The first-order valence-corrected chi connectivity index (χ1v) is 2.92. The second-order valence-corrected chi connectivity index (χ2v) is 2.80. The lowest BCUT2D eigenvalue weighted by Gasteiger charge is -2.27. The minimum Gasteiger partial charge on any atom is -0.392 e. The van der Waals surface area contributed by atoms with E-state index in [0.717, 1.165) is 0 Å². The van der Waals surface area contributed by atoms with Crippen LogP contribution in [0.3, 0.4) is 0 Å². The third-order valence-corrected chi connectivity index (χ3v) is 2.43. The second-order valence-electron chi connectivity index (χ2n) is 2.80. The predicted octanol–water partition coefficient (Wildman–Crippen LogP) is -1.74. The summed E-state index contributed by atoms with van der Waals surface area (Å²) in [7, 11) is 0. The van der Waals surface area contributed by atoms with Crippen molar-refractivity contribution in [3.63, 3.8) is 0 Å². The average molecular weight is 114 g/mol. The van der Waals surface area contributed by atoms with E-state index in [-0.39, 0.29) is 18.2 Å². The van der Waals surface area contributed by atoms with Crippen LogP contribution in [0.1, 0.15) is 0 Å². The fourth-order valence-electron chi connectivity index (χ4n) is 1.68. The Bertz CT molecular complexity index is 102. The molecular weight excluding hydrogens is 104 g/mol. The highest BCUT2D eigenvalue weighted by Crippen LogP contribution is 2.53. The first-order valence-electron chi connectivity index (χ1n) is 2.92. The maximum Gasteiger partial charge on any atom is 0.0635 e. The van der Waals surface area contributed by atoms with Crippen LogP contribution in [0.2, 0.25) is 0 Å². The first kappa shape index (κ1) is 4.73. The van der Waals surface area contributed by atoms with Gasteiger partial charge in [-0.3, -0.25) is 0 Å². The number of fused-ring (bicyclic) bond motifs is 1. The van der Waals surface area contributed by atoms with Crippen LogP contribution < -0.4 is 11.5 Å². The number of aliphatic hydroxyl groups excluding tert-OH is 1. The Morgan fingerprint density at radius 3 is 1.50 bits per heavy atom. The van der Waals surface area contributed by atoms with Gasteiger partial charge in [-0.2, -0.15) is 0 Å². The molecule has 0 aliphatic heterocycles. The van der Waals surface area contributed by atoms with Crippen molar-refractivity contribution in [2.24, 2.45) is 23.3 Å². The van der Waals surface area contributed by atoms with E-state index in [9.17, 15) is 0 Å². The van der Waals surface area contributed by atoms with Crippen molar-refractivity contribution in [2.45, 2.75) is 18.2 Å². The monoisotopic (exact) mass is 114 g/mol. The Kier molecular flexibility index (Phi) is 0.635. The predicted molar refractivity (Wildman–Crippen MR) is 28.9 cm³/mol. The second kappa shape index (κ2) is 1.07. The number of hydrogen-bond acceptors (Lipinski definition) is 3. The number of aliphatic hydroxyl groups is 1. The normalized spacial score (nSPS) is 68.6. The Morgan fingerprint density at radius 2 is 1.38 bits per heavy atom. The van der Waals surface area contributed by atoms with Crippen LogP contribution in [0.4, 0.5) is 0 Å². The molecular formula is C5H10N2O.